The number of carbonyl (C=O) groups excluding carboxylic acids is 1. The van der Waals surface area contributed by atoms with Gasteiger partial charge in [-0.25, -0.2) is 0 Å². The summed E-state index contributed by atoms with van der Waals surface area (Å²) in [6.45, 7) is 2.35. The summed E-state index contributed by atoms with van der Waals surface area (Å²) in [4.78, 5) is 23.8. The van der Waals surface area contributed by atoms with Crippen LogP contribution >= 0.6 is 0 Å². The first kappa shape index (κ1) is 19.1. The van der Waals surface area contributed by atoms with E-state index in [1.165, 1.54) is 0 Å². The predicted octanol–water partition coefficient (Wildman–Crippen LogP) is 4.06. The van der Waals surface area contributed by atoms with Crippen LogP contribution in [0.15, 0.2) is 54.6 Å². The first-order valence-electron chi connectivity index (χ1n) is 9.34. The molecule has 3 unspecified atom stereocenters. The van der Waals surface area contributed by atoms with Crippen molar-refractivity contribution in [2.45, 2.75) is 32.3 Å². The molecular formula is C22H25NO4. The zero-order valence-corrected chi connectivity index (χ0v) is 15.4. The molecule has 2 N–H and O–H groups in total. The van der Waals surface area contributed by atoms with Crippen LogP contribution in [-0.4, -0.2) is 23.6 Å². The van der Waals surface area contributed by atoms with E-state index >= 15 is 0 Å². The van der Waals surface area contributed by atoms with Crippen molar-refractivity contribution in [3.8, 4) is 0 Å². The molecule has 0 radical (unpaired) electrons. The van der Waals surface area contributed by atoms with Crippen molar-refractivity contribution in [1.82, 2.24) is 0 Å². The van der Waals surface area contributed by atoms with Gasteiger partial charge in [0.15, 0.2) is 0 Å². The molecule has 0 bridgehead atoms. The molecule has 1 aliphatic rings. The molecule has 0 aliphatic carbocycles. The van der Waals surface area contributed by atoms with Crippen LogP contribution in [0.2, 0.25) is 0 Å². The number of carboxylic acid groups (broad SMARTS) is 1. The summed E-state index contributed by atoms with van der Waals surface area (Å²) in [6.07, 6.45) is 1.90. The molecule has 1 aliphatic heterocycles. The molecule has 5 heteroatoms. The van der Waals surface area contributed by atoms with Crippen LogP contribution < -0.4 is 5.32 Å². The topological polar surface area (TPSA) is 75.6 Å². The molecule has 1 fully saturated rings. The summed E-state index contributed by atoms with van der Waals surface area (Å²) in [5.74, 6) is -1.52. The SMILES string of the molecule is CC(Cc1ccc(NC(=O)C2CCCOC2c2ccccc2)cc1)C(=O)O. The minimum Gasteiger partial charge on any atom is -0.481 e. The Bertz CT molecular complexity index is 773. The van der Waals surface area contributed by atoms with Crippen LogP contribution in [0, 0.1) is 11.8 Å². The highest BCUT2D eigenvalue weighted by Gasteiger charge is 2.33. The predicted molar refractivity (Wildman–Crippen MR) is 103 cm³/mol. The second-order valence-corrected chi connectivity index (χ2v) is 7.08. The van der Waals surface area contributed by atoms with E-state index in [2.05, 4.69) is 5.32 Å². The molecule has 0 aromatic heterocycles. The fourth-order valence-corrected chi connectivity index (χ4v) is 3.42. The number of aliphatic carboxylic acids is 1. The number of hydrogen-bond donors (Lipinski definition) is 2. The van der Waals surface area contributed by atoms with Gasteiger partial charge in [0.2, 0.25) is 5.91 Å². The average molecular weight is 367 g/mol. The summed E-state index contributed by atoms with van der Waals surface area (Å²) in [5.41, 5.74) is 2.67. The fraction of sp³-hybridized carbons (Fsp3) is 0.364. The van der Waals surface area contributed by atoms with Gasteiger partial charge in [0.1, 0.15) is 0 Å². The molecule has 3 atom stereocenters. The largest absolute Gasteiger partial charge is 0.481 e. The zero-order chi connectivity index (χ0) is 19.2. The van der Waals surface area contributed by atoms with E-state index in [-0.39, 0.29) is 17.9 Å². The Labute approximate surface area is 159 Å². The second kappa shape index (κ2) is 8.82. The van der Waals surface area contributed by atoms with Crippen LogP contribution in [0.4, 0.5) is 5.69 Å². The van der Waals surface area contributed by atoms with Crippen molar-refractivity contribution < 1.29 is 19.4 Å². The molecule has 1 heterocycles. The Morgan fingerprint density at radius 1 is 1.15 bits per heavy atom. The number of amides is 1. The maximum Gasteiger partial charge on any atom is 0.306 e. The Morgan fingerprint density at radius 3 is 2.52 bits per heavy atom. The monoisotopic (exact) mass is 367 g/mol. The van der Waals surface area contributed by atoms with Crippen LogP contribution in [0.1, 0.15) is 37.0 Å². The van der Waals surface area contributed by atoms with Gasteiger partial charge < -0.3 is 15.2 Å². The van der Waals surface area contributed by atoms with Gasteiger partial charge in [0, 0.05) is 12.3 Å². The maximum absolute atomic E-state index is 12.8. The smallest absolute Gasteiger partial charge is 0.306 e. The van der Waals surface area contributed by atoms with Crippen molar-refractivity contribution in [2.24, 2.45) is 11.8 Å². The summed E-state index contributed by atoms with van der Waals surface area (Å²) in [7, 11) is 0. The highest BCUT2D eigenvalue weighted by atomic mass is 16.5. The third-order valence-corrected chi connectivity index (χ3v) is 4.97. The number of carbonyl (C=O) groups is 2. The maximum atomic E-state index is 12.8. The number of carboxylic acids is 1. The number of hydrogen-bond acceptors (Lipinski definition) is 3. The molecule has 0 spiro atoms. The molecular weight excluding hydrogens is 342 g/mol. The van der Waals surface area contributed by atoms with Crippen LogP contribution in [-0.2, 0) is 20.7 Å². The summed E-state index contributed by atoms with van der Waals surface area (Å²) < 4.78 is 5.90. The van der Waals surface area contributed by atoms with Gasteiger partial charge in [-0.3, -0.25) is 9.59 Å². The molecule has 3 rings (SSSR count). The van der Waals surface area contributed by atoms with Gasteiger partial charge in [-0.15, -0.1) is 0 Å². The van der Waals surface area contributed by atoms with E-state index in [0.29, 0.717) is 18.7 Å². The molecule has 1 amide bonds. The van der Waals surface area contributed by atoms with E-state index in [1.807, 2.05) is 54.6 Å². The second-order valence-electron chi connectivity index (χ2n) is 7.08. The lowest BCUT2D eigenvalue weighted by Gasteiger charge is -2.31. The zero-order valence-electron chi connectivity index (χ0n) is 15.4. The van der Waals surface area contributed by atoms with E-state index in [0.717, 1.165) is 24.0 Å². The lowest BCUT2D eigenvalue weighted by Crippen LogP contribution is -2.33. The summed E-state index contributed by atoms with van der Waals surface area (Å²) >= 11 is 0. The van der Waals surface area contributed by atoms with Gasteiger partial charge in [0.05, 0.1) is 17.9 Å². The van der Waals surface area contributed by atoms with Gasteiger partial charge in [-0.2, -0.15) is 0 Å². The van der Waals surface area contributed by atoms with Crippen molar-refractivity contribution >= 4 is 17.6 Å². The van der Waals surface area contributed by atoms with Crippen molar-refractivity contribution in [1.29, 1.82) is 0 Å². The van der Waals surface area contributed by atoms with Crippen LogP contribution in [0.5, 0.6) is 0 Å². The minimum atomic E-state index is -0.809. The third-order valence-electron chi connectivity index (χ3n) is 4.97. The normalized spacial score (nSPS) is 20.6. The van der Waals surface area contributed by atoms with Gasteiger partial charge in [-0.05, 0) is 42.5 Å². The summed E-state index contributed by atoms with van der Waals surface area (Å²) in [6, 6.07) is 17.2. The van der Waals surface area contributed by atoms with E-state index in [4.69, 9.17) is 9.84 Å². The van der Waals surface area contributed by atoms with Crippen LogP contribution in [0.3, 0.4) is 0 Å². The fourth-order valence-electron chi connectivity index (χ4n) is 3.42. The number of rotatable bonds is 6. The van der Waals surface area contributed by atoms with Crippen molar-refractivity contribution in [3.63, 3.8) is 0 Å². The molecule has 27 heavy (non-hydrogen) atoms. The number of anilines is 1. The first-order chi connectivity index (χ1) is 13.0. The minimum absolute atomic E-state index is 0.0461. The van der Waals surface area contributed by atoms with Crippen molar-refractivity contribution in [3.05, 3.63) is 65.7 Å². The van der Waals surface area contributed by atoms with E-state index < -0.39 is 11.9 Å². The Morgan fingerprint density at radius 2 is 1.85 bits per heavy atom. The lowest BCUT2D eigenvalue weighted by atomic mass is 9.88. The third kappa shape index (κ3) is 4.95. The average Bonchev–Trinajstić information content (AvgIpc) is 2.70. The lowest BCUT2D eigenvalue weighted by molar-refractivity contribution is -0.141. The highest BCUT2D eigenvalue weighted by molar-refractivity contribution is 5.93. The van der Waals surface area contributed by atoms with E-state index in [9.17, 15) is 9.59 Å². The van der Waals surface area contributed by atoms with Crippen molar-refractivity contribution in [2.75, 3.05) is 11.9 Å². The Hall–Kier alpha value is -2.66. The van der Waals surface area contributed by atoms with Crippen LogP contribution in [0.25, 0.3) is 0 Å². The molecule has 2 aromatic rings. The van der Waals surface area contributed by atoms with E-state index in [1.54, 1.807) is 6.92 Å². The Balaban J connectivity index is 1.66. The summed E-state index contributed by atoms with van der Waals surface area (Å²) in [5, 5.41) is 12.0. The molecule has 142 valence electrons. The molecule has 0 saturated carbocycles. The number of ether oxygens (including phenoxy) is 1. The molecule has 1 saturated heterocycles. The van der Waals surface area contributed by atoms with Gasteiger partial charge in [-0.1, -0.05) is 49.4 Å². The quantitative estimate of drug-likeness (QED) is 0.807. The van der Waals surface area contributed by atoms with Gasteiger partial charge in [0.25, 0.3) is 0 Å². The number of benzene rings is 2. The highest BCUT2D eigenvalue weighted by Crippen LogP contribution is 2.34. The molecule has 2 aromatic carbocycles. The molecule has 5 nitrogen and oxygen atoms in total. The standard InChI is InChI=1S/C22H25NO4/c1-15(22(25)26)14-16-9-11-18(12-10-16)23-21(24)19-8-5-13-27-20(19)17-6-3-2-4-7-17/h2-4,6-7,9-12,15,19-20H,5,8,13-14H2,1H3,(H,23,24)(H,25,26). The Kier molecular flexibility index (Phi) is 6.24. The number of nitrogens with one attached hydrogen (secondary N) is 1. The first-order valence-corrected chi connectivity index (χ1v) is 9.34. The van der Waals surface area contributed by atoms with Gasteiger partial charge >= 0.3 is 5.97 Å².